The second-order valence-electron chi connectivity index (χ2n) is 14.9. The first kappa shape index (κ1) is 23.3. The smallest absolute Gasteiger partial charge is 0.320 e. The fraction of sp³-hybridized carbons (Fsp3) is 0.833. The lowest BCUT2D eigenvalue weighted by atomic mass is 9.35. The number of rotatable bonds is 0. The van der Waals surface area contributed by atoms with Gasteiger partial charge in [0.15, 0.2) is 0 Å². The fourth-order valence-electron chi connectivity index (χ4n) is 10.4. The van der Waals surface area contributed by atoms with E-state index in [-0.39, 0.29) is 39.1 Å². The van der Waals surface area contributed by atoms with Crippen LogP contribution in [0.15, 0.2) is 23.3 Å². The second-order valence-corrected chi connectivity index (χ2v) is 14.9. The van der Waals surface area contributed by atoms with Crippen molar-refractivity contribution in [2.24, 2.45) is 44.3 Å². The molecule has 0 unspecified atom stereocenters. The highest BCUT2D eigenvalue weighted by Gasteiger charge is 2.73. The minimum Gasteiger partial charge on any atom is -0.457 e. The van der Waals surface area contributed by atoms with Gasteiger partial charge in [0.1, 0.15) is 11.5 Å². The minimum absolute atomic E-state index is 0.0000214. The van der Waals surface area contributed by atoms with Crippen LogP contribution in [-0.4, -0.2) is 34.5 Å². The molecule has 4 fully saturated rings. The Labute approximate surface area is 205 Å². The summed E-state index contributed by atoms with van der Waals surface area (Å²) in [7, 11) is 0. The number of ether oxygens (including phenoxy) is 1. The van der Waals surface area contributed by atoms with Gasteiger partial charge in [-0.2, -0.15) is 0 Å². The molecule has 0 amide bonds. The van der Waals surface area contributed by atoms with E-state index in [0.29, 0.717) is 11.8 Å². The average molecular weight is 469 g/mol. The van der Waals surface area contributed by atoms with E-state index in [9.17, 15) is 15.0 Å². The first-order valence-electron chi connectivity index (χ1n) is 13.7. The summed E-state index contributed by atoms with van der Waals surface area (Å²) in [6.45, 7) is 16.3. The molecular weight excluding hydrogens is 424 g/mol. The summed E-state index contributed by atoms with van der Waals surface area (Å²) in [5.74, 6) is 0.852. The zero-order valence-corrected chi connectivity index (χ0v) is 22.2. The predicted octanol–water partition coefficient (Wildman–Crippen LogP) is 5.58. The van der Waals surface area contributed by atoms with Crippen molar-refractivity contribution in [3.8, 4) is 0 Å². The number of esters is 1. The van der Waals surface area contributed by atoms with Crippen molar-refractivity contribution in [2.75, 3.05) is 0 Å². The number of aliphatic hydroxyl groups excluding tert-OH is 2. The van der Waals surface area contributed by atoms with Crippen LogP contribution in [0.25, 0.3) is 0 Å². The van der Waals surface area contributed by atoms with E-state index in [1.54, 1.807) is 0 Å². The van der Waals surface area contributed by atoms with Crippen LogP contribution in [0.4, 0.5) is 0 Å². The highest BCUT2D eigenvalue weighted by atomic mass is 16.6. The highest BCUT2D eigenvalue weighted by molar-refractivity contribution is 5.89. The largest absolute Gasteiger partial charge is 0.457 e. The lowest BCUT2D eigenvalue weighted by Gasteiger charge is -2.70. The van der Waals surface area contributed by atoms with Crippen LogP contribution < -0.4 is 0 Å². The van der Waals surface area contributed by atoms with Crippen molar-refractivity contribution in [2.45, 2.75) is 112 Å². The summed E-state index contributed by atoms with van der Waals surface area (Å²) in [5.41, 5.74) is 1.92. The SMILES string of the molecule is CC1(C)CC2=C3C=C[C@@H]4[C@]5(C)CC[C@@H](O)C(C)(C)[C@H]5CC[C@@]4(C)[C@]3(C)CC[C@]23C(=O)O[C@@H]3[C@H]1O. The zero-order chi connectivity index (χ0) is 24.7. The van der Waals surface area contributed by atoms with Gasteiger partial charge in [-0.05, 0) is 95.0 Å². The number of hydrogen-bond acceptors (Lipinski definition) is 4. The quantitative estimate of drug-likeness (QED) is 0.456. The van der Waals surface area contributed by atoms with Crippen LogP contribution >= 0.6 is 0 Å². The van der Waals surface area contributed by atoms with E-state index in [0.717, 1.165) is 44.9 Å². The Morgan fingerprint density at radius 2 is 1.65 bits per heavy atom. The van der Waals surface area contributed by atoms with E-state index >= 15 is 0 Å². The van der Waals surface area contributed by atoms with Crippen molar-refractivity contribution in [3.63, 3.8) is 0 Å². The monoisotopic (exact) mass is 468 g/mol. The number of fused-ring (bicyclic) bond motifs is 5. The van der Waals surface area contributed by atoms with Gasteiger partial charge >= 0.3 is 5.97 Å². The molecule has 9 atom stereocenters. The van der Waals surface area contributed by atoms with E-state index in [2.05, 4.69) is 60.6 Å². The maximum Gasteiger partial charge on any atom is 0.320 e. The molecule has 0 bridgehead atoms. The molecule has 6 rings (SSSR count). The lowest BCUT2D eigenvalue weighted by Crippen LogP contribution is -2.71. The minimum atomic E-state index is -0.616. The van der Waals surface area contributed by atoms with Gasteiger partial charge in [0.05, 0.1) is 12.2 Å². The predicted molar refractivity (Wildman–Crippen MR) is 132 cm³/mol. The molecule has 1 heterocycles. The molecule has 0 radical (unpaired) electrons. The Balaban J connectivity index is 1.52. The summed E-state index contributed by atoms with van der Waals surface area (Å²) < 4.78 is 5.64. The molecule has 1 aliphatic heterocycles. The summed E-state index contributed by atoms with van der Waals surface area (Å²) in [5, 5.41) is 22.0. The maximum atomic E-state index is 13.0. The van der Waals surface area contributed by atoms with Crippen molar-refractivity contribution in [3.05, 3.63) is 23.3 Å². The molecule has 6 aliphatic rings. The highest BCUT2D eigenvalue weighted by Crippen LogP contribution is 2.75. The van der Waals surface area contributed by atoms with Crippen LogP contribution in [0.3, 0.4) is 0 Å². The number of carbonyl (C=O) groups is 1. The van der Waals surface area contributed by atoms with Crippen molar-refractivity contribution in [1.82, 2.24) is 0 Å². The Bertz CT molecular complexity index is 1020. The molecule has 2 N–H and O–H groups in total. The molecule has 4 heteroatoms. The Hall–Kier alpha value is -1.13. The lowest BCUT2D eigenvalue weighted by molar-refractivity contribution is -0.244. The Morgan fingerprint density at radius 1 is 0.941 bits per heavy atom. The van der Waals surface area contributed by atoms with Gasteiger partial charge in [0.25, 0.3) is 0 Å². The number of aliphatic hydroxyl groups is 2. The van der Waals surface area contributed by atoms with Crippen LogP contribution in [0, 0.1) is 44.3 Å². The maximum absolute atomic E-state index is 13.0. The Morgan fingerprint density at radius 3 is 2.32 bits per heavy atom. The van der Waals surface area contributed by atoms with Gasteiger partial charge in [0, 0.05) is 0 Å². The molecule has 0 aromatic carbocycles. The Kier molecular flexibility index (Phi) is 4.38. The normalized spacial score (nSPS) is 54.5. The summed E-state index contributed by atoms with van der Waals surface area (Å²) in [4.78, 5) is 13.0. The fourth-order valence-corrected chi connectivity index (χ4v) is 10.4. The molecular formula is C30H44O4. The molecule has 3 saturated carbocycles. The number of carbonyl (C=O) groups excluding carboxylic acids is 1. The molecule has 4 nitrogen and oxygen atoms in total. The molecule has 1 spiro atoms. The standard InChI is InChI=1S/C30H44O4/c1-25(2)16-18-17-8-9-20-27(5)12-11-21(31)26(3,4)19(27)10-13-29(20,7)28(17,6)14-15-30(18)23(22(25)32)34-24(30)33/h8-9,19-23,31-32H,10-16H2,1-7H3/t19-,20-,21-,22-,23-,27-,28-,29-,30+/m1/s1. The average Bonchev–Trinajstić information content (AvgIpc) is 2.74. The van der Waals surface area contributed by atoms with Gasteiger partial charge in [-0.3, -0.25) is 4.79 Å². The summed E-state index contributed by atoms with van der Waals surface area (Å²) in [6.07, 6.45) is 10.4. The van der Waals surface area contributed by atoms with Gasteiger partial charge in [-0.25, -0.2) is 0 Å². The second kappa shape index (κ2) is 6.40. The third-order valence-corrected chi connectivity index (χ3v) is 12.9. The van der Waals surface area contributed by atoms with Crippen LogP contribution in [0.5, 0.6) is 0 Å². The van der Waals surface area contributed by atoms with Gasteiger partial charge < -0.3 is 14.9 Å². The van der Waals surface area contributed by atoms with Crippen LogP contribution in [0.2, 0.25) is 0 Å². The van der Waals surface area contributed by atoms with Gasteiger partial charge in [-0.1, -0.05) is 60.6 Å². The molecule has 34 heavy (non-hydrogen) atoms. The van der Waals surface area contributed by atoms with Crippen LogP contribution in [-0.2, 0) is 9.53 Å². The molecule has 0 aromatic rings. The van der Waals surface area contributed by atoms with Crippen molar-refractivity contribution >= 4 is 5.97 Å². The third kappa shape index (κ3) is 2.32. The van der Waals surface area contributed by atoms with Crippen molar-refractivity contribution < 1.29 is 19.7 Å². The van der Waals surface area contributed by atoms with Crippen LogP contribution in [0.1, 0.15) is 93.4 Å². The number of hydrogen-bond donors (Lipinski definition) is 2. The van der Waals surface area contributed by atoms with Gasteiger partial charge in [0.2, 0.25) is 0 Å². The summed E-state index contributed by atoms with van der Waals surface area (Å²) >= 11 is 0. The zero-order valence-electron chi connectivity index (χ0n) is 22.2. The molecule has 0 aromatic heterocycles. The number of allylic oxidation sites excluding steroid dienone is 3. The summed E-state index contributed by atoms with van der Waals surface area (Å²) in [6, 6.07) is 0. The van der Waals surface area contributed by atoms with Crippen molar-refractivity contribution in [1.29, 1.82) is 0 Å². The van der Waals surface area contributed by atoms with E-state index in [4.69, 9.17) is 4.74 Å². The molecule has 5 aliphatic carbocycles. The van der Waals surface area contributed by atoms with E-state index < -0.39 is 17.6 Å². The first-order chi connectivity index (χ1) is 15.7. The van der Waals surface area contributed by atoms with Gasteiger partial charge in [-0.15, -0.1) is 0 Å². The first-order valence-corrected chi connectivity index (χ1v) is 13.7. The van der Waals surface area contributed by atoms with E-state index in [1.165, 1.54) is 11.1 Å². The topological polar surface area (TPSA) is 66.8 Å². The molecule has 188 valence electrons. The third-order valence-electron chi connectivity index (χ3n) is 12.9. The molecule has 1 saturated heterocycles. The van der Waals surface area contributed by atoms with E-state index in [1.807, 2.05) is 0 Å².